The first-order valence-electron chi connectivity index (χ1n) is 11.7. The molecule has 3 aromatic carbocycles. The van der Waals surface area contributed by atoms with Crippen molar-refractivity contribution in [1.82, 2.24) is 0 Å². The van der Waals surface area contributed by atoms with Crippen molar-refractivity contribution in [2.24, 2.45) is 0 Å². The zero-order valence-electron chi connectivity index (χ0n) is 20.0. The quantitative estimate of drug-likeness (QED) is 0.196. The maximum Gasteiger partial charge on any atom is 0.277 e. The highest BCUT2D eigenvalue weighted by Crippen LogP contribution is 2.55. The van der Waals surface area contributed by atoms with Crippen LogP contribution in [-0.4, -0.2) is 39.5 Å². The standard InChI is InChI=1S/C27H19N3O8/c1-26-12-13-27(38-26,14-15-37-17-8-6-16(7-9-17)29(33)34)23-22(26)24(31)28(25(23)32)20-10-11-21(30(35)36)19-5-3-2-4-18(19)20/h2-13H,14-15H2,1H3. The summed E-state index contributed by atoms with van der Waals surface area (Å²) in [6.07, 6.45) is 3.72. The van der Waals surface area contributed by atoms with Gasteiger partial charge in [0.05, 0.1) is 38.7 Å². The topological polar surface area (TPSA) is 142 Å². The number of rotatable bonds is 7. The molecule has 2 bridgehead atoms. The lowest BCUT2D eigenvalue weighted by Gasteiger charge is -2.29. The Hall–Kier alpha value is -4.90. The largest absolute Gasteiger partial charge is 0.493 e. The van der Waals surface area contributed by atoms with Gasteiger partial charge in [0, 0.05) is 30.0 Å². The van der Waals surface area contributed by atoms with Crippen LogP contribution in [0.25, 0.3) is 10.8 Å². The van der Waals surface area contributed by atoms with Gasteiger partial charge < -0.3 is 9.47 Å². The Morgan fingerprint density at radius 3 is 2.24 bits per heavy atom. The Balaban J connectivity index is 1.31. The van der Waals surface area contributed by atoms with Crippen molar-refractivity contribution >= 4 is 39.6 Å². The summed E-state index contributed by atoms with van der Waals surface area (Å²) in [5.74, 6) is -0.668. The summed E-state index contributed by atoms with van der Waals surface area (Å²) in [6.45, 7) is 1.82. The number of imide groups is 1. The minimum atomic E-state index is -1.19. The number of nitro groups is 2. The first-order valence-corrected chi connectivity index (χ1v) is 11.7. The Morgan fingerprint density at radius 1 is 0.868 bits per heavy atom. The smallest absolute Gasteiger partial charge is 0.277 e. The fourth-order valence-electron chi connectivity index (χ4n) is 5.48. The molecular formula is C27H19N3O8. The molecule has 38 heavy (non-hydrogen) atoms. The third-order valence-electron chi connectivity index (χ3n) is 7.17. The lowest BCUT2D eigenvalue weighted by atomic mass is 9.82. The summed E-state index contributed by atoms with van der Waals surface area (Å²) in [5, 5.41) is 23.1. The van der Waals surface area contributed by atoms with Crippen LogP contribution in [0.4, 0.5) is 17.1 Å². The molecule has 190 valence electrons. The second-order valence-electron chi connectivity index (χ2n) is 9.38. The van der Waals surface area contributed by atoms with E-state index in [2.05, 4.69) is 0 Å². The molecule has 3 heterocycles. The molecule has 0 aromatic heterocycles. The Kier molecular flexibility index (Phi) is 4.98. The number of nitrogens with zero attached hydrogens (tertiary/aromatic N) is 3. The maximum absolute atomic E-state index is 13.8. The molecule has 0 spiro atoms. The number of ether oxygens (including phenoxy) is 2. The molecule has 6 rings (SSSR count). The molecule has 0 saturated heterocycles. The van der Waals surface area contributed by atoms with Crippen LogP contribution in [-0.2, 0) is 14.3 Å². The van der Waals surface area contributed by atoms with Crippen LogP contribution in [0, 0.1) is 20.2 Å². The van der Waals surface area contributed by atoms with Gasteiger partial charge in [0.25, 0.3) is 23.2 Å². The number of fused-ring (bicyclic) bond motifs is 5. The monoisotopic (exact) mass is 513 g/mol. The second kappa shape index (κ2) is 8.05. The van der Waals surface area contributed by atoms with E-state index in [1.165, 1.54) is 36.4 Å². The fourth-order valence-corrected chi connectivity index (χ4v) is 5.48. The number of carbonyl (C=O) groups excluding carboxylic acids is 2. The van der Waals surface area contributed by atoms with Gasteiger partial charge in [0.15, 0.2) is 0 Å². The van der Waals surface area contributed by atoms with E-state index in [1.807, 2.05) is 0 Å². The summed E-state index contributed by atoms with van der Waals surface area (Å²) in [5.41, 5.74) is -1.76. The van der Waals surface area contributed by atoms with E-state index in [1.54, 1.807) is 43.3 Å². The molecule has 2 unspecified atom stereocenters. The summed E-state index contributed by atoms with van der Waals surface area (Å²) < 4.78 is 12.0. The van der Waals surface area contributed by atoms with Crippen molar-refractivity contribution in [2.45, 2.75) is 24.5 Å². The predicted octanol–water partition coefficient (Wildman–Crippen LogP) is 4.39. The molecule has 2 amide bonds. The molecule has 0 aliphatic carbocycles. The molecule has 3 aromatic rings. The summed E-state index contributed by atoms with van der Waals surface area (Å²) in [6, 6.07) is 14.9. The number of benzene rings is 3. The van der Waals surface area contributed by atoms with Gasteiger partial charge in [-0.15, -0.1) is 0 Å². The van der Waals surface area contributed by atoms with Crippen molar-refractivity contribution in [3.63, 3.8) is 0 Å². The molecule has 2 atom stereocenters. The molecule has 11 nitrogen and oxygen atoms in total. The third-order valence-corrected chi connectivity index (χ3v) is 7.17. The highest BCUT2D eigenvalue weighted by molar-refractivity contribution is 6.36. The molecule has 0 radical (unpaired) electrons. The average molecular weight is 513 g/mol. The molecule has 3 aliphatic heterocycles. The molecular weight excluding hydrogens is 494 g/mol. The van der Waals surface area contributed by atoms with Gasteiger partial charge in [-0.3, -0.25) is 29.8 Å². The van der Waals surface area contributed by atoms with Crippen LogP contribution in [0.1, 0.15) is 13.3 Å². The van der Waals surface area contributed by atoms with Crippen LogP contribution in [0.2, 0.25) is 0 Å². The van der Waals surface area contributed by atoms with Crippen LogP contribution in [0.3, 0.4) is 0 Å². The normalized spacial score (nSPS) is 23.4. The van der Waals surface area contributed by atoms with Gasteiger partial charge >= 0.3 is 0 Å². The molecule has 0 N–H and O–H groups in total. The number of nitro benzene ring substituents is 2. The zero-order valence-corrected chi connectivity index (χ0v) is 20.0. The van der Waals surface area contributed by atoms with Gasteiger partial charge in [0.2, 0.25) is 0 Å². The number of hydrogen-bond acceptors (Lipinski definition) is 8. The maximum atomic E-state index is 13.8. The van der Waals surface area contributed by atoms with Crippen LogP contribution in [0.5, 0.6) is 5.75 Å². The minimum Gasteiger partial charge on any atom is -0.493 e. The molecule has 0 fully saturated rings. The van der Waals surface area contributed by atoms with Gasteiger partial charge in [0.1, 0.15) is 17.0 Å². The van der Waals surface area contributed by atoms with Gasteiger partial charge in [-0.05, 0) is 43.3 Å². The van der Waals surface area contributed by atoms with E-state index < -0.39 is 32.9 Å². The SMILES string of the molecule is CC12C=CC(CCOc3ccc([N+](=O)[O-])cc3)(O1)C1=C2C(=O)N(c2ccc([N+](=O)[O-])c3ccccc23)C1=O. The molecule has 3 aliphatic rings. The first-order chi connectivity index (χ1) is 18.2. The van der Waals surface area contributed by atoms with Crippen molar-refractivity contribution in [2.75, 3.05) is 11.5 Å². The van der Waals surface area contributed by atoms with Gasteiger partial charge in [-0.1, -0.05) is 18.2 Å². The second-order valence-corrected chi connectivity index (χ2v) is 9.38. The van der Waals surface area contributed by atoms with E-state index >= 15 is 0 Å². The van der Waals surface area contributed by atoms with Crippen molar-refractivity contribution in [3.05, 3.63) is 104 Å². The summed E-state index contributed by atoms with van der Waals surface area (Å²) >= 11 is 0. The summed E-state index contributed by atoms with van der Waals surface area (Å²) in [7, 11) is 0. The number of hydrogen-bond donors (Lipinski definition) is 0. The Bertz CT molecular complexity index is 1640. The fraction of sp³-hybridized carbons (Fsp3) is 0.185. The minimum absolute atomic E-state index is 0.0618. The van der Waals surface area contributed by atoms with Crippen molar-refractivity contribution < 1.29 is 28.9 Å². The number of carbonyl (C=O) groups is 2. The first kappa shape index (κ1) is 23.5. The van der Waals surface area contributed by atoms with Crippen LogP contribution < -0.4 is 9.64 Å². The number of anilines is 1. The van der Waals surface area contributed by atoms with E-state index in [0.717, 1.165) is 4.90 Å². The lowest BCUT2D eigenvalue weighted by molar-refractivity contribution is -0.384. The van der Waals surface area contributed by atoms with Gasteiger partial charge in [-0.25, -0.2) is 4.90 Å². The predicted molar refractivity (Wildman–Crippen MR) is 135 cm³/mol. The van der Waals surface area contributed by atoms with E-state index in [4.69, 9.17) is 9.47 Å². The van der Waals surface area contributed by atoms with E-state index in [9.17, 15) is 29.8 Å². The molecule has 11 heteroatoms. The zero-order chi connectivity index (χ0) is 26.8. The lowest BCUT2D eigenvalue weighted by Crippen LogP contribution is -2.42. The van der Waals surface area contributed by atoms with E-state index in [0.29, 0.717) is 16.5 Å². The Morgan fingerprint density at radius 2 is 1.55 bits per heavy atom. The Labute approximate surface area is 214 Å². The van der Waals surface area contributed by atoms with Crippen molar-refractivity contribution in [3.8, 4) is 5.75 Å². The molecule has 0 saturated carbocycles. The number of amides is 2. The third kappa shape index (κ3) is 3.25. The summed E-state index contributed by atoms with van der Waals surface area (Å²) in [4.78, 5) is 50.0. The van der Waals surface area contributed by atoms with Gasteiger partial charge in [-0.2, -0.15) is 0 Å². The van der Waals surface area contributed by atoms with E-state index in [-0.39, 0.29) is 41.2 Å². The highest BCUT2D eigenvalue weighted by Gasteiger charge is 2.64. The number of non-ortho nitro benzene ring substituents is 2. The van der Waals surface area contributed by atoms with Crippen LogP contribution in [0.15, 0.2) is 84.0 Å². The average Bonchev–Trinajstić information content (AvgIpc) is 3.48. The van der Waals surface area contributed by atoms with Crippen LogP contribution >= 0.6 is 0 Å². The highest BCUT2D eigenvalue weighted by atomic mass is 16.6. The van der Waals surface area contributed by atoms with Crippen molar-refractivity contribution in [1.29, 1.82) is 0 Å².